The van der Waals surface area contributed by atoms with Crippen molar-refractivity contribution in [1.29, 1.82) is 0 Å². The van der Waals surface area contributed by atoms with Gasteiger partial charge in [0.2, 0.25) is 0 Å². The van der Waals surface area contributed by atoms with E-state index in [9.17, 15) is 13.2 Å². The average Bonchev–Trinajstić information content (AvgIpc) is 2.63. The van der Waals surface area contributed by atoms with Gasteiger partial charge in [-0.2, -0.15) is 13.2 Å². The Hall–Kier alpha value is -1.11. The third-order valence-electron chi connectivity index (χ3n) is 2.33. The van der Waals surface area contributed by atoms with E-state index in [0.717, 1.165) is 6.42 Å². The van der Waals surface area contributed by atoms with Crippen LogP contribution in [0, 0.1) is 5.92 Å². The second-order valence-electron chi connectivity index (χ2n) is 3.45. The molecule has 86 valence electrons. The van der Waals surface area contributed by atoms with Crippen LogP contribution in [0.3, 0.4) is 0 Å². The molecule has 2 unspecified atom stereocenters. The molecule has 15 heavy (non-hydrogen) atoms. The third-order valence-corrected chi connectivity index (χ3v) is 2.33. The molecule has 4 nitrogen and oxygen atoms in total. The minimum atomic E-state index is -4.52. The highest BCUT2D eigenvalue weighted by atomic mass is 19.4. The van der Waals surface area contributed by atoms with Gasteiger partial charge in [0, 0.05) is 0 Å². The maximum atomic E-state index is 12.2. The monoisotopic (exact) mass is 222 g/mol. The summed E-state index contributed by atoms with van der Waals surface area (Å²) in [6.07, 6.45) is -3.76. The zero-order chi connectivity index (χ0) is 11.6. The molecular formula is C8H13F3N4. The summed E-state index contributed by atoms with van der Waals surface area (Å²) >= 11 is 0. The molecule has 7 heteroatoms. The van der Waals surface area contributed by atoms with E-state index >= 15 is 0 Å². The van der Waals surface area contributed by atoms with Gasteiger partial charge in [0.15, 0.2) is 0 Å². The number of aromatic amines is 1. The number of nitrogens with one attached hydrogen (secondary N) is 1. The van der Waals surface area contributed by atoms with E-state index < -0.39 is 18.0 Å². The number of rotatable bonds is 3. The van der Waals surface area contributed by atoms with Gasteiger partial charge in [-0.1, -0.05) is 20.3 Å². The average molecular weight is 222 g/mol. The van der Waals surface area contributed by atoms with Gasteiger partial charge in [0.05, 0.1) is 6.04 Å². The minimum absolute atomic E-state index is 0.0547. The molecule has 0 spiro atoms. The molecule has 0 saturated carbocycles. The summed E-state index contributed by atoms with van der Waals surface area (Å²) in [6.45, 7) is 3.76. The van der Waals surface area contributed by atoms with Crippen LogP contribution in [0.15, 0.2) is 0 Å². The molecule has 0 radical (unpaired) electrons. The Balaban J connectivity index is 2.85. The quantitative estimate of drug-likeness (QED) is 0.820. The summed E-state index contributed by atoms with van der Waals surface area (Å²) in [5.74, 6) is -1.04. The number of halogens is 3. The molecular weight excluding hydrogens is 209 g/mol. The predicted molar refractivity (Wildman–Crippen MR) is 47.8 cm³/mol. The van der Waals surface area contributed by atoms with Gasteiger partial charge in [-0.05, 0) is 5.92 Å². The lowest BCUT2D eigenvalue weighted by Gasteiger charge is -2.14. The van der Waals surface area contributed by atoms with Crippen molar-refractivity contribution in [2.24, 2.45) is 11.7 Å². The van der Waals surface area contributed by atoms with Gasteiger partial charge >= 0.3 is 6.18 Å². The molecule has 3 N–H and O–H groups in total. The Morgan fingerprint density at radius 2 is 2.07 bits per heavy atom. The van der Waals surface area contributed by atoms with E-state index in [4.69, 9.17) is 5.73 Å². The van der Waals surface area contributed by atoms with Crippen molar-refractivity contribution >= 4 is 0 Å². The maximum Gasteiger partial charge on any atom is 0.453 e. The van der Waals surface area contributed by atoms with E-state index in [2.05, 4.69) is 15.2 Å². The Labute approximate surface area is 85.1 Å². The van der Waals surface area contributed by atoms with Crippen LogP contribution in [0.5, 0.6) is 0 Å². The summed E-state index contributed by atoms with van der Waals surface area (Å²) in [5, 5.41) is 5.31. The first kappa shape index (κ1) is 12.0. The number of H-pyrrole nitrogens is 1. The zero-order valence-corrected chi connectivity index (χ0v) is 8.47. The lowest BCUT2D eigenvalue weighted by atomic mass is 10.00. The van der Waals surface area contributed by atoms with Crippen molar-refractivity contribution in [2.75, 3.05) is 0 Å². The van der Waals surface area contributed by atoms with Crippen molar-refractivity contribution in [1.82, 2.24) is 15.2 Å². The zero-order valence-electron chi connectivity index (χ0n) is 8.47. The standard InChI is InChI=1S/C8H13F3N4/c1-3-4(2)5(12)6-13-7(15-14-6)8(9,10)11/h4-5H,3,12H2,1-2H3,(H,13,14,15). The Morgan fingerprint density at radius 3 is 2.47 bits per heavy atom. The summed E-state index contributed by atoms with van der Waals surface area (Å²) in [6, 6.07) is -0.543. The predicted octanol–water partition coefficient (Wildman–Crippen LogP) is 1.87. The van der Waals surface area contributed by atoms with Gasteiger partial charge in [0.25, 0.3) is 5.82 Å². The molecule has 1 heterocycles. The molecule has 1 aromatic rings. The molecule has 0 aromatic carbocycles. The lowest BCUT2D eigenvalue weighted by Crippen LogP contribution is -2.20. The van der Waals surface area contributed by atoms with E-state index in [0.29, 0.717) is 0 Å². The molecule has 1 aromatic heterocycles. The Bertz CT molecular complexity index is 320. The topological polar surface area (TPSA) is 67.6 Å². The van der Waals surface area contributed by atoms with Crippen LogP contribution < -0.4 is 5.73 Å². The van der Waals surface area contributed by atoms with Crippen LogP contribution in [-0.4, -0.2) is 15.2 Å². The van der Waals surface area contributed by atoms with Gasteiger partial charge in [-0.3, -0.25) is 5.10 Å². The molecule has 0 aliphatic carbocycles. The molecule has 2 atom stereocenters. The van der Waals surface area contributed by atoms with Crippen molar-refractivity contribution in [3.05, 3.63) is 11.6 Å². The summed E-state index contributed by atoms with van der Waals surface area (Å²) in [5.41, 5.74) is 5.70. The SMILES string of the molecule is CCC(C)C(N)c1nc(C(F)(F)F)n[nH]1. The first-order chi connectivity index (χ1) is 6.86. The minimum Gasteiger partial charge on any atom is -0.321 e. The fraction of sp³-hybridized carbons (Fsp3) is 0.750. The van der Waals surface area contributed by atoms with Gasteiger partial charge < -0.3 is 5.73 Å². The molecule has 0 saturated heterocycles. The molecule has 1 rings (SSSR count). The number of nitrogens with two attached hydrogens (primary N) is 1. The van der Waals surface area contributed by atoms with Crippen LogP contribution in [0.25, 0.3) is 0 Å². The highest BCUT2D eigenvalue weighted by Gasteiger charge is 2.36. The van der Waals surface area contributed by atoms with E-state index in [-0.39, 0.29) is 11.7 Å². The van der Waals surface area contributed by atoms with Crippen LogP contribution in [-0.2, 0) is 6.18 Å². The molecule has 0 aliphatic heterocycles. The van der Waals surface area contributed by atoms with Crippen LogP contribution in [0.4, 0.5) is 13.2 Å². The molecule has 0 bridgehead atoms. The Kier molecular flexibility index (Phi) is 3.33. The normalized spacial score (nSPS) is 16.4. The third kappa shape index (κ3) is 2.68. The largest absolute Gasteiger partial charge is 0.453 e. The second-order valence-corrected chi connectivity index (χ2v) is 3.45. The number of hydrogen-bond acceptors (Lipinski definition) is 3. The lowest BCUT2D eigenvalue weighted by molar-refractivity contribution is -0.144. The van der Waals surface area contributed by atoms with Crippen LogP contribution in [0.2, 0.25) is 0 Å². The van der Waals surface area contributed by atoms with E-state index in [1.54, 1.807) is 0 Å². The van der Waals surface area contributed by atoms with Gasteiger partial charge in [-0.15, -0.1) is 5.10 Å². The molecule has 0 amide bonds. The second kappa shape index (κ2) is 4.18. The Morgan fingerprint density at radius 1 is 1.47 bits per heavy atom. The summed E-state index contributed by atoms with van der Waals surface area (Å²) < 4.78 is 36.5. The first-order valence-corrected chi connectivity index (χ1v) is 4.61. The molecule has 0 fully saturated rings. The van der Waals surface area contributed by atoms with E-state index in [1.807, 2.05) is 13.8 Å². The van der Waals surface area contributed by atoms with Gasteiger partial charge in [0.1, 0.15) is 5.82 Å². The van der Waals surface area contributed by atoms with E-state index in [1.165, 1.54) is 0 Å². The highest BCUT2D eigenvalue weighted by Crippen LogP contribution is 2.27. The van der Waals surface area contributed by atoms with Crippen molar-refractivity contribution in [3.8, 4) is 0 Å². The smallest absolute Gasteiger partial charge is 0.321 e. The van der Waals surface area contributed by atoms with Gasteiger partial charge in [-0.25, -0.2) is 4.98 Å². The number of hydrogen-bond donors (Lipinski definition) is 2. The summed E-state index contributed by atoms with van der Waals surface area (Å²) in [4.78, 5) is 3.33. The fourth-order valence-corrected chi connectivity index (χ4v) is 1.07. The number of nitrogens with zero attached hydrogens (tertiary/aromatic N) is 2. The summed E-state index contributed by atoms with van der Waals surface area (Å²) in [7, 11) is 0. The number of aromatic nitrogens is 3. The van der Waals surface area contributed by atoms with Crippen LogP contribution in [0.1, 0.15) is 38.0 Å². The van der Waals surface area contributed by atoms with Crippen molar-refractivity contribution < 1.29 is 13.2 Å². The van der Waals surface area contributed by atoms with Crippen molar-refractivity contribution in [3.63, 3.8) is 0 Å². The fourth-order valence-electron chi connectivity index (χ4n) is 1.07. The first-order valence-electron chi connectivity index (χ1n) is 4.61. The van der Waals surface area contributed by atoms with Crippen molar-refractivity contribution in [2.45, 2.75) is 32.5 Å². The number of alkyl halides is 3. The highest BCUT2D eigenvalue weighted by molar-refractivity contribution is 4.99. The maximum absolute atomic E-state index is 12.2. The van der Waals surface area contributed by atoms with Crippen LogP contribution >= 0.6 is 0 Å². The molecule has 0 aliphatic rings.